The molecule has 2 aromatic carbocycles. The van der Waals surface area contributed by atoms with Crippen molar-refractivity contribution in [2.45, 2.75) is 103 Å². The van der Waals surface area contributed by atoms with Gasteiger partial charge in [-0.1, -0.05) is 71.4 Å². The van der Waals surface area contributed by atoms with Crippen LogP contribution in [-0.2, 0) is 35.1 Å². The first-order valence-electron chi connectivity index (χ1n) is 18.5. The Morgan fingerprint density at radius 1 is 0.962 bits per heavy atom. The molecule has 1 heterocycles. The van der Waals surface area contributed by atoms with Crippen LogP contribution in [0.5, 0.6) is 0 Å². The molecule has 0 aromatic heterocycles. The van der Waals surface area contributed by atoms with E-state index in [1.165, 1.54) is 14.2 Å². The Morgan fingerprint density at radius 3 is 2.15 bits per heavy atom. The van der Waals surface area contributed by atoms with Crippen LogP contribution in [0.2, 0.25) is 0 Å². The molecule has 0 radical (unpaired) electrons. The van der Waals surface area contributed by atoms with E-state index < -0.39 is 60.1 Å². The molecule has 1 fully saturated rings. The number of amides is 4. The molecule has 292 valence electrons. The zero-order chi connectivity index (χ0) is 39.4. The number of carbonyl (C=O) groups is 5. The van der Waals surface area contributed by atoms with Crippen molar-refractivity contribution < 1.29 is 38.6 Å². The number of hydrogen-bond donors (Lipinski definition) is 4. The molecule has 0 unspecified atom stereocenters. The summed E-state index contributed by atoms with van der Waals surface area (Å²) < 4.78 is 11.8. The highest BCUT2D eigenvalue weighted by molar-refractivity contribution is 5.98. The van der Waals surface area contributed by atoms with Crippen molar-refractivity contribution in [1.82, 2.24) is 20.4 Å². The number of carboxylic acids is 1. The smallest absolute Gasteiger partial charge is 0.326 e. The Hall–Kier alpha value is -4.49. The van der Waals surface area contributed by atoms with E-state index in [4.69, 9.17) is 15.2 Å². The number of aliphatic carboxylic acids is 1. The molecule has 53 heavy (non-hydrogen) atoms. The lowest BCUT2D eigenvalue weighted by molar-refractivity contribution is -0.147. The first-order chi connectivity index (χ1) is 25.1. The number of nitrogens with two attached hydrogens (primary N) is 1. The zero-order valence-electron chi connectivity index (χ0n) is 32.4. The second-order valence-electron chi connectivity index (χ2n) is 14.5. The van der Waals surface area contributed by atoms with E-state index in [-0.39, 0.29) is 36.5 Å². The summed E-state index contributed by atoms with van der Waals surface area (Å²) >= 11 is 0. The fourth-order valence-corrected chi connectivity index (χ4v) is 7.25. The average Bonchev–Trinajstić information content (AvgIpc) is 3.63. The van der Waals surface area contributed by atoms with Crippen LogP contribution in [-0.4, -0.2) is 109 Å². The van der Waals surface area contributed by atoms with E-state index in [2.05, 4.69) is 10.6 Å². The van der Waals surface area contributed by atoms with Crippen LogP contribution in [0.3, 0.4) is 0 Å². The molecule has 0 bridgehead atoms. The quantitative estimate of drug-likeness (QED) is 0.156. The SMILES string of the molecule is CC[C@H](C)[C@@H]([C@@H](CC(=O)N1CCC[C@H]1[C@H](OC)[C@@H](C)C(=O)N[C@@H](Cc1ccccc1)C(=O)O)OC)N(C)C(=O)[C@@H](NC(=O)c1ccc(N)cc1)C(C)C. The zero-order valence-corrected chi connectivity index (χ0v) is 32.4. The van der Waals surface area contributed by atoms with Gasteiger partial charge >= 0.3 is 5.97 Å². The van der Waals surface area contributed by atoms with Gasteiger partial charge in [0, 0.05) is 45.5 Å². The second-order valence-corrected chi connectivity index (χ2v) is 14.5. The fourth-order valence-electron chi connectivity index (χ4n) is 7.25. The number of nitrogens with one attached hydrogen (secondary N) is 2. The van der Waals surface area contributed by atoms with Crippen molar-refractivity contribution in [2.75, 3.05) is 33.5 Å². The minimum absolute atomic E-state index is 0.0288. The molecule has 13 heteroatoms. The predicted molar refractivity (Wildman–Crippen MR) is 203 cm³/mol. The van der Waals surface area contributed by atoms with Gasteiger partial charge in [-0.25, -0.2) is 4.79 Å². The number of methoxy groups -OCH3 is 2. The van der Waals surface area contributed by atoms with Crippen LogP contribution in [0, 0.1) is 17.8 Å². The highest BCUT2D eigenvalue weighted by Gasteiger charge is 2.43. The van der Waals surface area contributed by atoms with E-state index in [9.17, 15) is 29.1 Å². The number of nitrogen functional groups attached to an aromatic ring is 1. The number of benzene rings is 2. The normalized spacial score (nSPS) is 18.3. The molecule has 8 atom stereocenters. The van der Waals surface area contributed by atoms with Gasteiger partial charge in [-0.15, -0.1) is 0 Å². The maximum atomic E-state index is 14.1. The van der Waals surface area contributed by atoms with E-state index in [0.717, 1.165) is 5.56 Å². The van der Waals surface area contributed by atoms with Crippen LogP contribution in [0.1, 0.15) is 76.2 Å². The third-order valence-electron chi connectivity index (χ3n) is 10.5. The lowest BCUT2D eigenvalue weighted by Crippen LogP contribution is -2.57. The molecule has 0 saturated carbocycles. The number of carboxylic acid groups (broad SMARTS) is 1. The Morgan fingerprint density at radius 2 is 1.60 bits per heavy atom. The number of likely N-dealkylation sites (tertiary alicyclic amines) is 1. The number of hydrogen-bond acceptors (Lipinski definition) is 8. The van der Waals surface area contributed by atoms with Gasteiger partial charge in [-0.3, -0.25) is 19.2 Å². The van der Waals surface area contributed by atoms with Gasteiger partial charge in [0.1, 0.15) is 12.1 Å². The summed E-state index contributed by atoms with van der Waals surface area (Å²) in [5.41, 5.74) is 7.47. The van der Waals surface area contributed by atoms with Gasteiger partial charge in [0.05, 0.1) is 36.6 Å². The summed E-state index contributed by atoms with van der Waals surface area (Å²) in [7, 11) is 4.69. The predicted octanol–water partition coefficient (Wildman–Crippen LogP) is 3.76. The molecule has 0 spiro atoms. The van der Waals surface area contributed by atoms with Gasteiger partial charge in [0.15, 0.2) is 0 Å². The van der Waals surface area contributed by atoms with Crippen molar-refractivity contribution >= 4 is 35.3 Å². The molecule has 4 amide bonds. The first-order valence-corrected chi connectivity index (χ1v) is 18.5. The molecule has 1 saturated heterocycles. The third-order valence-corrected chi connectivity index (χ3v) is 10.5. The van der Waals surface area contributed by atoms with Crippen molar-refractivity contribution in [3.05, 3.63) is 65.7 Å². The molecule has 0 aliphatic carbocycles. The first kappa shape index (κ1) is 42.9. The summed E-state index contributed by atoms with van der Waals surface area (Å²) in [5.74, 6) is -3.57. The second kappa shape index (κ2) is 20.1. The van der Waals surface area contributed by atoms with E-state index in [1.54, 1.807) is 48.0 Å². The lowest BCUT2D eigenvalue weighted by Gasteiger charge is -2.40. The van der Waals surface area contributed by atoms with Gasteiger partial charge < -0.3 is 40.7 Å². The Kier molecular flexibility index (Phi) is 16.3. The minimum Gasteiger partial charge on any atom is -0.480 e. The summed E-state index contributed by atoms with van der Waals surface area (Å²) in [5, 5.41) is 15.4. The maximum Gasteiger partial charge on any atom is 0.326 e. The fraction of sp³-hybridized carbons (Fsp3) is 0.575. The highest BCUT2D eigenvalue weighted by Crippen LogP contribution is 2.30. The highest BCUT2D eigenvalue weighted by atomic mass is 16.5. The average molecular weight is 738 g/mol. The molecule has 13 nitrogen and oxygen atoms in total. The van der Waals surface area contributed by atoms with Crippen molar-refractivity contribution in [2.24, 2.45) is 17.8 Å². The Labute approximate surface area is 313 Å². The molecule has 1 aliphatic rings. The number of nitrogens with zero attached hydrogens (tertiary/aromatic N) is 2. The minimum atomic E-state index is -1.14. The summed E-state index contributed by atoms with van der Waals surface area (Å²) in [6, 6.07) is 12.6. The lowest BCUT2D eigenvalue weighted by atomic mass is 9.89. The van der Waals surface area contributed by atoms with E-state index >= 15 is 0 Å². The number of ether oxygens (including phenoxy) is 2. The van der Waals surface area contributed by atoms with Gasteiger partial charge in [-0.2, -0.15) is 0 Å². The van der Waals surface area contributed by atoms with Crippen LogP contribution in [0.15, 0.2) is 54.6 Å². The number of likely N-dealkylation sites (N-methyl/N-ethyl adjacent to an activating group) is 1. The van der Waals surface area contributed by atoms with E-state index in [0.29, 0.717) is 37.1 Å². The topological polar surface area (TPSA) is 181 Å². The maximum absolute atomic E-state index is 14.1. The standard InChI is InChI=1S/C40H59N5O8/c1-9-25(4)35(44(6)39(49)34(24(2)3)43-38(48)28-17-19-29(41)20-18-28)32(52-7)23-33(46)45-21-13-16-31(45)36(53-8)26(5)37(47)42-30(40(50)51)22-27-14-11-10-12-15-27/h10-12,14-15,17-20,24-26,30-32,34-36H,9,13,16,21-23,41H2,1-8H3,(H,42,47)(H,43,48)(H,50,51)/t25-,26+,30-,31-,32+,34-,35-,36+/m0/s1. The van der Waals surface area contributed by atoms with Crippen molar-refractivity contribution in [3.8, 4) is 0 Å². The monoisotopic (exact) mass is 737 g/mol. The third kappa shape index (κ3) is 11.3. The van der Waals surface area contributed by atoms with E-state index in [1.807, 2.05) is 58.0 Å². The number of rotatable bonds is 19. The molecular weight excluding hydrogens is 678 g/mol. The van der Waals surface area contributed by atoms with Crippen LogP contribution in [0.25, 0.3) is 0 Å². The van der Waals surface area contributed by atoms with Crippen molar-refractivity contribution in [3.63, 3.8) is 0 Å². The van der Waals surface area contributed by atoms with Crippen molar-refractivity contribution in [1.29, 1.82) is 0 Å². The van der Waals surface area contributed by atoms with Gasteiger partial charge in [0.2, 0.25) is 17.7 Å². The largest absolute Gasteiger partial charge is 0.480 e. The van der Waals surface area contributed by atoms with Crippen LogP contribution < -0.4 is 16.4 Å². The van der Waals surface area contributed by atoms with Crippen LogP contribution in [0.4, 0.5) is 5.69 Å². The molecule has 2 aromatic rings. The summed E-state index contributed by atoms with van der Waals surface area (Å²) in [6.07, 6.45) is 0.725. The van der Waals surface area contributed by atoms with Crippen LogP contribution >= 0.6 is 0 Å². The molecule has 1 aliphatic heterocycles. The Balaban J connectivity index is 1.77. The summed E-state index contributed by atoms with van der Waals surface area (Å²) in [6.45, 7) is 9.87. The summed E-state index contributed by atoms with van der Waals surface area (Å²) in [4.78, 5) is 70.2. The van der Waals surface area contributed by atoms with Gasteiger partial charge in [0.25, 0.3) is 5.91 Å². The number of anilines is 1. The Bertz CT molecular complexity index is 1520. The number of carbonyl (C=O) groups excluding carboxylic acids is 4. The molecule has 3 rings (SSSR count). The molecular formula is C40H59N5O8. The molecule has 5 N–H and O–H groups in total. The van der Waals surface area contributed by atoms with Gasteiger partial charge in [-0.05, 0) is 54.5 Å².